The van der Waals surface area contributed by atoms with Crippen LogP contribution in [0.2, 0.25) is 0 Å². The molecule has 2 heterocycles. The van der Waals surface area contributed by atoms with Gasteiger partial charge in [0.1, 0.15) is 5.75 Å². The molecule has 1 N–H and O–H groups in total. The van der Waals surface area contributed by atoms with Gasteiger partial charge in [0.05, 0.1) is 6.61 Å². The monoisotopic (exact) mass is 356 g/mol. The lowest BCUT2D eigenvalue weighted by molar-refractivity contribution is 0.249. The fourth-order valence-electron chi connectivity index (χ4n) is 4.13. The van der Waals surface area contributed by atoms with Crippen molar-refractivity contribution >= 4 is 5.96 Å². The molecule has 1 aromatic rings. The number of hydrogen-bond acceptors (Lipinski definition) is 3. The molecular formula is C21H32N4O. The topological polar surface area (TPSA) is 40.1 Å². The smallest absolute Gasteiger partial charge is 0.193 e. The highest BCUT2D eigenvalue weighted by Crippen LogP contribution is 2.30. The molecule has 5 nitrogen and oxygen atoms in total. The molecule has 4 rings (SSSR count). The lowest BCUT2D eigenvalue weighted by atomic mass is 10.2. The Morgan fingerprint density at radius 2 is 1.96 bits per heavy atom. The van der Waals surface area contributed by atoms with Gasteiger partial charge in [-0.15, -0.1) is 0 Å². The Morgan fingerprint density at radius 3 is 2.73 bits per heavy atom. The molecule has 3 fully saturated rings. The van der Waals surface area contributed by atoms with Crippen molar-refractivity contribution in [3.05, 3.63) is 29.8 Å². The Bertz CT molecular complexity index is 622. The van der Waals surface area contributed by atoms with Gasteiger partial charge in [-0.1, -0.05) is 18.2 Å². The predicted octanol–water partition coefficient (Wildman–Crippen LogP) is 2.72. The van der Waals surface area contributed by atoms with Crippen LogP contribution in [0.4, 0.5) is 0 Å². The zero-order chi connectivity index (χ0) is 17.8. The fourth-order valence-corrected chi connectivity index (χ4v) is 4.13. The summed E-state index contributed by atoms with van der Waals surface area (Å²) >= 11 is 0. The van der Waals surface area contributed by atoms with Crippen LogP contribution >= 0.6 is 0 Å². The van der Waals surface area contributed by atoms with E-state index in [1.165, 1.54) is 50.8 Å². The average Bonchev–Trinajstić information content (AvgIpc) is 3.12. The minimum absolute atomic E-state index is 0.699. The first-order valence-corrected chi connectivity index (χ1v) is 10.2. The molecular weight excluding hydrogens is 324 g/mol. The summed E-state index contributed by atoms with van der Waals surface area (Å²) < 4.78 is 6.04. The lowest BCUT2D eigenvalue weighted by Gasteiger charge is -2.25. The number of ether oxygens (including phenoxy) is 1. The van der Waals surface area contributed by atoms with E-state index >= 15 is 0 Å². The zero-order valence-corrected chi connectivity index (χ0v) is 16.0. The third-order valence-corrected chi connectivity index (χ3v) is 5.91. The van der Waals surface area contributed by atoms with Crippen molar-refractivity contribution in [3.63, 3.8) is 0 Å². The van der Waals surface area contributed by atoms with Gasteiger partial charge in [-0.25, -0.2) is 0 Å². The number of hydrogen-bond donors (Lipinski definition) is 1. The van der Waals surface area contributed by atoms with Crippen LogP contribution in [0, 0.1) is 5.92 Å². The highest BCUT2D eigenvalue weighted by atomic mass is 16.5. The molecule has 0 aromatic heterocycles. The Hall–Kier alpha value is -1.75. The quantitative estimate of drug-likeness (QED) is 0.628. The summed E-state index contributed by atoms with van der Waals surface area (Å²) in [5, 5.41) is 3.56. The van der Waals surface area contributed by atoms with E-state index in [2.05, 4.69) is 44.4 Å². The molecule has 142 valence electrons. The molecule has 0 amide bonds. The average molecular weight is 357 g/mol. The zero-order valence-electron chi connectivity index (χ0n) is 16.0. The van der Waals surface area contributed by atoms with Crippen molar-refractivity contribution in [2.45, 2.75) is 44.7 Å². The van der Waals surface area contributed by atoms with E-state index in [-0.39, 0.29) is 0 Å². The first-order valence-electron chi connectivity index (χ1n) is 10.2. The van der Waals surface area contributed by atoms with Crippen molar-refractivity contribution in [1.29, 1.82) is 0 Å². The Balaban J connectivity index is 1.31. The van der Waals surface area contributed by atoms with Crippen LogP contribution in [-0.4, -0.2) is 61.6 Å². The van der Waals surface area contributed by atoms with E-state index in [1.807, 2.05) is 7.05 Å². The minimum atomic E-state index is 0.699. The second kappa shape index (κ2) is 8.30. The summed E-state index contributed by atoms with van der Waals surface area (Å²) in [4.78, 5) is 9.61. The summed E-state index contributed by atoms with van der Waals surface area (Å²) in [5.41, 5.74) is 1.21. The van der Waals surface area contributed by atoms with Crippen LogP contribution in [-0.2, 0) is 6.54 Å². The number of guanidine groups is 1. The molecule has 26 heavy (non-hydrogen) atoms. The number of benzene rings is 1. The van der Waals surface area contributed by atoms with Crippen molar-refractivity contribution < 1.29 is 4.74 Å². The van der Waals surface area contributed by atoms with Crippen molar-refractivity contribution in [2.75, 3.05) is 39.8 Å². The second-order valence-electron chi connectivity index (χ2n) is 7.89. The maximum absolute atomic E-state index is 6.04. The Kier molecular flexibility index (Phi) is 5.63. The number of para-hydroxylation sites is 1. The van der Waals surface area contributed by atoms with Gasteiger partial charge in [0, 0.05) is 38.3 Å². The van der Waals surface area contributed by atoms with Gasteiger partial charge in [-0.2, -0.15) is 0 Å². The van der Waals surface area contributed by atoms with Gasteiger partial charge < -0.3 is 15.0 Å². The molecule has 2 aliphatic heterocycles. The first kappa shape index (κ1) is 17.7. The normalized spacial score (nSPS) is 24.3. The molecule has 1 saturated carbocycles. The number of aliphatic imine (C=N–C) groups is 1. The number of likely N-dealkylation sites (tertiary alicyclic amines) is 2. The SMILES string of the molecule is CN=C(NCc1ccccc1OCC1CC1)N1CCC(N2CCCC2)C1. The third kappa shape index (κ3) is 4.32. The fraction of sp³-hybridized carbons (Fsp3) is 0.667. The highest BCUT2D eigenvalue weighted by molar-refractivity contribution is 5.80. The van der Waals surface area contributed by atoms with Gasteiger partial charge in [-0.3, -0.25) is 9.89 Å². The van der Waals surface area contributed by atoms with Crippen LogP contribution in [0.5, 0.6) is 5.75 Å². The van der Waals surface area contributed by atoms with E-state index in [9.17, 15) is 0 Å². The number of rotatable bonds is 6. The summed E-state index contributed by atoms with van der Waals surface area (Å²) in [6.07, 6.45) is 6.62. The van der Waals surface area contributed by atoms with Crippen LogP contribution in [0.25, 0.3) is 0 Å². The molecule has 1 atom stereocenters. The maximum atomic E-state index is 6.04. The summed E-state index contributed by atoms with van der Waals surface area (Å²) in [7, 11) is 1.89. The Morgan fingerprint density at radius 1 is 1.15 bits per heavy atom. The second-order valence-corrected chi connectivity index (χ2v) is 7.89. The molecule has 1 unspecified atom stereocenters. The lowest BCUT2D eigenvalue weighted by Crippen LogP contribution is -2.42. The van der Waals surface area contributed by atoms with Gasteiger partial charge in [-0.05, 0) is 57.2 Å². The van der Waals surface area contributed by atoms with E-state index in [0.29, 0.717) is 6.04 Å². The summed E-state index contributed by atoms with van der Waals surface area (Å²) in [5.74, 6) is 2.80. The van der Waals surface area contributed by atoms with Gasteiger partial charge in [0.15, 0.2) is 5.96 Å². The molecule has 0 radical (unpaired) electrons. The number of nitrogens with zero attached hydrogens (tertiary/aromatic N) is 3. The molecule has 1 aliphatic carbocycles. The van der Waals surface area contributed by atoms with Gasteiger partial charge >= 0.3 is 0 Å². The van der Waals surface area contributed by atoms with E-state index < -0.39 is 0 Å². The molecule has 1 aromatic carbocycles. The first-order chi connectivity index (χ1) is 12.8. The third-order valence-electron chi connectivity index (χ3n) is 5.91. The Labute approximate surface area is 157 Å². The van der Waals surface area contributed by atoms with Gasteiger partial charge in [0.25, 0.3) is 0 Å². The van der Waals surface area contributed by atoms with Crippen LogP contribution < -0.4 is 10.1 Å². The molecule has 5 heteroatoms. The van der Waals surface area contributed by atoms with Crippen molar-refractivity contribution in [2.24, 2.45) is 10.9 Å². The predicted molar refractivity (Wildman–Crippen MR) is 106 cm³/mol. The van der Waals surface area contributed by atoms with E-state index in [1.54, 1.807) is 0 Å². The van der Waals surface area contributed by atoms with E-state index in [0.717, 1.165) is 43.9 Å². The summed E-state index contributed by atoms with van der Waals surface area (Å²) in [6.45, 7) is 6.36. The van der Waals surface area contributed by atoms with E-state index in [4.69, 9.17) is 4.74 Å². The molecule has 0 bridgehead atoms. The number of nitrogens with one attached hydrogen (secondary N) is 1. The van der Waals surface area contributed by atoms with Crippen LogP contribution in [0.15, 0.2) is 29.3 Å². The standard InChI is InChI=1S/C21H32N4O/c1-22-21(25-13-10-19(15-25)24-11-4-5-12-24)23-14-18-6-2-3-7-20(18)26-16-17-8-9-17/h2-3,6-7,17,19H,4-5,8-16H2,1H3,(H,22,23). The van der Waals surface area contributed by atoms with Crippen LogP contribution in [0.1, 0.15) is 37.7 Å². The highest BCUT2D eigenvalue weighted by Gasteiger charge is 2.30. The molecule has 2 saturated heterocycles. The molecule has 0 spiro atoms. The largest absolute Gasteiger partial charge is 0.493 e. The summed E-state index contributed by atoms with van der Waals surface area (Å²) in [6, 6.07) is 9.08. The minimum Gasteiger partial charge on any atom is -0.493 e. The van der Waals surface area contributed by atoms with Crippen LogP contribution in [0.3, 0.4) is 0 Å². The maximum Gasteiger partial charge on any atom is 0.193 e. The van der Waals surface area contributed by atoms with Crippen molar-refractivity contribution in [3.8, 4) is 5.75 Å². The molecule has 3 aliphatic rings. The van der Waals surface area contributed by atoms with Crippen molar-refractivity contribution in [1.82, 2.24) is 15.1 Å². The van der Waals surface area contributed by atoms with Gasteiger partial charge in [0.2, 0.25) is 0 Å².